The van der Waals surface area contributed by atoms with Crippen molar-refractivity contribution in [2.45, 2.75) is 26.0 Å². The number of benzene rings is 1. The molecular formula is C13H20N2O2. The van der Waals surface area contributed by atoms with Crippen molar-refractivity contribution in [3.8, 4) is 5.75 Å². The van der Waals surface area contributed by atoms with Gasteiger partial charge in [-0.15, -0.1) is 0 Å². The number of anilines is 1. The van der Waals surface area contributed by atoms with Gasteiger partial charge in [0, 0.05) is 24.3 Å². The predicted molar refractivity (Wildman–Crippen MR) is 67.6 cm³/mol. The summed E-state index contributed by atoms with van der Waals surface area (Å²) < 4.78 is 0. The minimum Gasteiger partial charge on any atom is -0.508 e. The zero-order valence-electron chi connectivity index (χ0n) is 10.1. The normalized spacial score (nSPS) is 22.8. The fourth-order valence-electron chi connectivity index (χ4n) is 2.37. The van der Waals surface area contributed by atoms with Crippen LogP contribution in [0.5, 0.6) is 5.75 Å². The standard InChI is InChI=1S/C13H20N2O2/c1-9(16)10-4-5-15(7-10)8-11-6-12(14)2-3-13(11)17/h2-3,6,9-10,16-17H,4-5,7-8,14H2,1H3. The number of aliphatic hydroxyl groups excluding tert-OH is 1. The fraction of sp³-hybridized carbons (Fsp3) is 0.538. The van der Waals surface area contributed by atoms with E-state index in [9.17, 15) is 10.2 Å². The summed E-state index contributed by atoms with van der Waals surface area (Å²) in [6.45, 7) is 4.38. The van der Waals surface area contributed by atoms with Crippen LogP contribution in [0.4, 0.5) is 5.69 Å². The van der Waals surface area contributed by atoms with Crippen LogP contribution in [-0.2, 0) is 6.54 Å². The third-order valence-corrected chi connectivity index (χ3v) is 3.49. The number of rotatable bonds is 3. The van der Waals surface area contributed by atoms with Gasteiger partial charge in [0.15, 0.2) is 0 Å². The van der Waals surface area contributed by atoms with E-state index in [1.54, 1.807) is 12.1 Å². The molecule has 0 spiro atoms. The van der Waals surface area contributed by atoms with Gasteiger partial charge in [-0.05, 0) is 44.0 Å². The van der Waals surface area contributed by atoms with E-state index in [1.807, 2.05) is 13.0 Å². The van der Waals surface area contributed by atoms with Crippen molar-refractivity contribution in [3.63, 3.8) is 0 Å². The molecule has 1 fully saturated rings. The maximum absolute atomic E-state index is 9.74. The number of aliphatic hydroxyl groups is 1. The Balaban J connectivity index is 2.00. The summed E-state index contributed by atoms with van der Waals surface area (Å²) in [5, 5.41) is 19.3. The molecule has 1 aromatic carbocycles. The lowest BCUT2D eigenvalue weighted by molar-refractivity contribution is 0.127. The molecule has 4 N–H and O–H groups in total. The van der Waals surface area contributed by atoms with Gasteiger partial charge in [-0.3, -0.25) is 4.90 Å². The molecule has 1 aliphatic heterocycles. The van der Waals surface area contributed by atoms with Crippen LogP contribution in [0.3, 0.4) is 0 Å². The fourth-order valence-corrected chi connectivity index (χ4v) is 2.37. The highest BCUT2D eigenvalue weighted by molar-refractivity contribution is 5.47. The summed E-state index contributed by atoms with van der Waals surface area (Å²) >= 11 is 0. The van der Waals surface area contributed by atoms with Crippen molar-refractivity contribution < 1.29 is 10.2 Å². The Morgan fingerprint density at radius 3 is 2.94 bits per heavy atom. The van der Waals surface area contributed by atoms with Crippen LogP contribution in [0.25, 0.3) is 0 Å². The van der Waals surface area contributed by atoms with Gasteiger partial charge in [-0.1, -0.05) is 0 Å². The number of phenolic OH excluding ortho intramolecular Hbond substituents is 1. The molecule has 2 unspecified atom stereocenters. The molecule has 0 aliphatic carbocycles. The van der Waals surface area contributed by atoms with Gasteiger partial charge >= 0.3 is 0 Å². The molecule has 1 aliphatic rings. The van der Waals surface area contributed by atoms with Crippen molar-refractivity contribution in [2.75, 3.05) is 18.8 Å². The smallest absolute Gasteiger partial charge is 0.120 e. The van der Waals surface area contributed by atoms with Crippen LogP contribution in [-0.4, -0.2) is 34.3 Å². The van der Waals surface area contributed by atoms with Crippen LogP contribution >= 0.6 is 0 Å². The van der Waals surface area contributed by atoms with Crippen LogP contribution in [0.1, 0.15) is 18.9 Å². The number of hydrogen-bond donors (Lipinski definition) is 3. The number of nitrogens with zero attached hydrogens (tertiary/aromatic N) is 1. The number of hydrogen-bond acceptors (Lipinski definition) is 4. The molecule has 1 heterocycles. The van der Waals surface area contributed by atoms with Crippen LogP contribution < -0.4 is 5.73 Å². The van der Waals surface area contributed by atoms with E-state index in [1.165, 1.54) is 0 Å². The van der Waals surface area contributed by atoms with E-state index in [0.29, 0.717) is 23.9 Å². The molecule has 0 bridgehead atoms. The highest BCUT2D eigenvalue weighted by Crippen LogP contribution is 2.26. The Bertz CT molecular complexity index is 393. The topological polar surface area (TPSA) is 69.7 Å². The van der Waals surface area contributed by atoms with Gasteiger partial charge in [0.25, 0.3) is 0 Å². The number of aromatic hydroxyl groups is 1. The predicted octanol–water partition coefficient (Wildman–Crippen LogP) is 1.18. The summed E-state index contributed by atoms with van der Waals surface area (Å²) in [4.78, 5) is 2.24. The Morgan fingerprint density at radius 2 is 2.29 bits per heavy atom. The molecule has 4 nitrogen and oxygen atoms in total. The first-order chi connectivity index (χ1) is 8.06. The van der Waals surface area contributed by atoms with E-state index in [2.05, 4.69) is 4.90 Å². The third kappa shape index (κ3) is 2.90. The Morgan fingerprint density at radius 1 is 1.53 bits per heavy atom. The summed E-state index contributed by atoms with van der Waals surface area (Å²) in [7, 11) is 0. The number of likely N-dealkylation sites (tertiary alicyclic amines) is 1. The SMILES string of the molecule is CC(O)C1CCN(Cc2cc(N)ccc2O)C1. The average molecular weight is 236 g/mol. The number of nitrogens with two attached hydrogens (primary N) is 1. The lowest BCUT2D eigenvalue weighted by Gasteiger charge is -2.18. The molecule has 17 heavy (non-hydrogen) atoms. The van der Waals surface area contributed by atoms with Crippen LogP contribution in [0, 0.1) is 5.92 Å². The average Bonchev–Trinajstić information content (AvgIpc) is 2.72. The van der Waals surface area contributed by atoms with Gasteiger partial charge in [-0.2, -0.15) is 0 Å². The Hall–Kier alpha value is -1.26. The highest BCUT2D eigenvalue weighted by Gasteiger charge is 2.26. The molecule has 1 saturated heterocycles. The zero-order chi connectivity index (χ0) is 12.4. The number of nitrogen functional groups attached to an aromatic ring is 1. The zero-order valence-corrected chi connectivity index (χ0v) is 10.1. The largest absolute Gasteiger partial charge is 0.508 e. The van der Waals surface area contributed by atoms with E-state index in [-0.39, 0.29) is 6.10 Å². The van der Waals surface area contributed by atoms with Gasteiger partial charge in [0.05, 0.1) is 6.10 Å². The highest BCUT2D eigenvalue weighted by atomic mass is 16.3. The first-order valence-electron chi connectivity index (χ1n) is 6.04. The van der Waals surface area contributed by atoms with Crippen molar-refractivity contribution >= 4 is 5.69 Å². The van der Waals surface area contributed by atoms with Gasteiger partial charge in [0.2, 0.25) is 0 Å². The van der Waals surface area contributed by atoms with Crippen molar-refractivity contribution in [1.82, 2.24) is 4.90 Å². The van der Waals surface area contributed by atoms with Gasteiger partial charge < -0.3 is 15.9 Å². The van der Waals surface area contributed by atoms with Gasteiger partial charge in [-0.25, -0.2) is 0 Å². The molecule has 1 aromatic rings. The minimum absolute atomic E-state index is 0.255. The third-order valence-electron chi connectivity index (χ3n) is 3.49. The molecule has 0 amide bonds. The second-order valence-electron chi connectivity index (χ2n) is 4.91. The summed E-state index contributed by atoms with van der Waals surface area (Å²) in [5.74, 6) is 0.637. The first-order valence-corrected chi connectivity index (χ1v) is 6.04. The number of phenols is 1. The molecule has 0 aromatic heterocycles. The van der Waals surface area contributed by atoms with E-state index in [0.717, 1.165) is 25.1 Å². The maximum Gasteiger partial charge on any atom is 0.120 e. The molecule has 0 saturated carbocycles. The molecule has 4 heteroatoms. The Labute approximate surface area is 102 Å². The molecule has 2 atom stereocenters. The lowest BCUT2D eigenvalue weighted by atomic mass is 10.0. The first kappa shape index (κ1) is 12.2. The summed E-state index contributed by atoms with van der Waals surface area (Å²) in [5.41, 5.74) is 7.24. The van der Waals surface area contributed by atoms with Crippen LogP contribution in [0.15, 0.2) is 18.2 Å². The van der Waals surface area contributed by atoms with Gasteiger partial charge in [0.1, 0.15) is 5.75 Å². The maximum atomic E-state index is 9.74. The quantitative estimate of drug-likeness (QED) is 0.544. The summed E-state index contributed by atoms with van der Waals surface area (Å²) in [6, 6.07) is 5.14. The lowest BCUT2D eigenvalue weighted by Crippen LogP contribution is -2.24. The summed E-state index contributed by atoms with van der Waals surface area (Å²) in [6.07, 6.45) is 0.759. The molecule has 0 radical (unpaired) electrons. The molecule has 2 rings (SSSR count). The second-order valence-corrected chi connectivity index (χ2v) is 4.91. The molecular weight excluding hydrogens is 216 g/mol. The molecule has 94 valence electrons. The minimum atomic E-state index is -0.255. The Kier molecular flexibility index (Phi) is 3.54. The van der Waals surface area contributed by atoms with E-state index >= 15 is 0 Å². The monoisotopic (exact) mass is 236 g/mol. The van der Waals surface area contributed by atoms with Crippen molar-refractivity contribution in [2.24, 2.45) is 5.92 Å². The van der Waals surface area contributed by atoms with E-state index in [4.69, 9.17) is 5.73 Å². The van der Waals surface area contributed by atoms with Crippen molar-refractivity contribution in [1.29, 1.82) is 0 Å². The van der Waals surface area contributed by atoms with Crippen LogP contribution in [0.2, 0.25) is 0 Å². The van der Waals surface area contributed by atoms with Crippen molar-refractivity contribution in [3.05, 3.63) is 23.8 Å². The second kappa shape index (κ2) is 4.94. The van der Waals surface area contributed by atoms with E-state index < -0.39 is 0 Å².